The first kappa shape index (κ1) is 14.9. The molecular formula is C17H20N2O2. The predicted octanol–water partition coefficient (Wildman–Crippen LogP) is 3.37. The van der Waals surface area contributed by atoms with Gasteiger partial charge < -0.3 is 15.7 Å². The molecule has 4 heteroatoms. The maximum Gasteiger partial charge on any atom is 0.319 e. The minimum Gasteiger partial charge on any atom is -0.508 e. The first-order valence-corrected chi connectivity index (χ1v) is 6.94. The third-order valence-corrected chi connectivity index (χ3v) is 3.40. The predicted molar refractivity (Wildman–Crippen MR) is 84.7 cm³/mol. The molecule has 0 aliphatic carbocycles. The van der Waals surface area contributed by atoms with Crippen LogP contribution in [0.1, 0.15) is 16.7 Å². The van der Waals surface area contributed by atoms with Crippen LogP contribution in [0.3, 0.4) is 0 Å². The molecule has 2 rings (SSSR count). The molecule has 0 atom stereocenters. The minimum absolute atomic E-state index is 0.211. The molecule has 0 aromatic heterocycles. The smallest absolute Gasteiger partial charge is 0.319 e. The van der Waals surface area contributed by atoms with Crippen molar-refractivity contribution in [2.75, 3.05) is 11.9 Å². The average molecular weight is 284 g/mol. The molecule has 0 radical (unpaired) electrons. The number of urea groups is 1. The van der Waals surface area contributed by atoms with Crippen LogP contribution >= 0.6 is 0 Å². The van der Waals surface area contributed by atoms with Gasteiger partial charge in [-0.2, -0.15) is 0 Å². The largest absolute Gasteiger partial charge is 0.508 e. The van der Waals surface area contributed by atoms with E-state index in [4.69, 9.17) is 0 Å². The quantitative estimate of drug-likeness (QED) is 0.806. The normalized spacial score (nSPS) is 10.2. The molecule has 3 N–H and O–H groups in total. The zero-order valence-corrected chi connectivity index (χ0v) is 12.3. The highest BCUT2D eigenvalue weighted by atomic mass is 16.3. The Morgan fingerprint density at radius 2 is 1.76 bits per heavy atom. The molecule has 0 aliphatic heterocycles. The lowest BCUT2D eigenvalue weighted by Crippen LogP contribution is -2.30. The van der Waals surface area contributed by atoms with Crippen LogP contribution in [0.25, 0.3) is 0 Å². The van der Waals surface area contributed by atoms with Gasteiger partial charge in [-0.15, -0.1) is 0 Å². The second-order valence-electron chi connectivity index (χ2n) is 5.10. The zero-order chi connectivity index (χ0) is 15.2. The maximum atomic E-state index is 11.8. The molecule has 4 nitrogen and oxygen atoms in total. The fourth-order valence-electron chi connectivity index (χ4n) is 1.98. The number of phenols is 1. The number of nitrogens with one attached hydrogen (secondary N) is 2. The molecule has 2 aromatic carbocycles. The highest BCUT2D eigenvalue weighted by molar-refractivity contribution is 5.89. The van der Waals surface area contributed by atoms with E-state index < -0.39 is 0 Å². The summed E-state index contributed by atoms with van der Waals surface area (Å²) in [4.78, 5) is 11.8. The first-order chi connectivity index (χ1) is 10.0. The number of carbonyl (C=O) groups excluding carboxylic acids is 1. The Morgan fingerprint density at radius 1 is 1.05 bits per heavy atom. The van der Waals surface area contributed by atoms with Crippen LogP contribution in [0.5, 0.6) is 5.75 Å². The van der Waals surface area contributed by atoms with Gasteiger partial charge in [0.2, 0.25) is 0 Å². The number of amides is 2. The van der Waals surface area contributed by atoms with Crippen LogP contribution in [0.2, 0.25) is 0 Å². The number of aryl methyl sites for hydroxylation is 2. The Labute approximate surface area is 124 Å². The second-order valence-corrected chi connectivity index (χ2v) is 5.10. The summed E-state index contributed by atoms with van der Waals surface area (Å²) in [6.45, 7) is 4.60. The molecular weight excluding hydrogens is 264 g/mol. The standard InChI is InChI=1S/C17H20N2O2/c1-12-3-6-15(11-13(12)2)19-17(21)18-10-9-14-4-7-16(20)8-5-14/h3-8,11,20H,9-10H2,1-2H3,(H2,18,19,21). The molecule has 0 saturated carbocycles. The van der Waals surface area contributed by atoms with Crippen molar-refractivity contribution < 1.29 is 9.90 Å². The Balaban J connectivity index is 1.79. The van der Waals surface area contributed by atoms with E-state index >= 15 is 0 Å². The van der Waals surface area contributed by atoms with Gasteiger partial charge in [0.05, 0.1) is 0 Å². The number of hydrogen-bond donors (Lipinski definition) is 3. The Bertz CT molecular complexity index is 621. The van der Waals surface area contributed by atoms with Crippen LogP contribution in [-0.4, -0.2) is 17.7 Å². The third-order valence-electron chi connectivity index (χ3n) is 3.40. The molecule has 0 saturated heterocycles. The summed E-state index contributed by atoms with van der Waals surface area (Å²) in [6.07, 6.45) is 0.723. The molecule has 0 unspecified atom stereocenters. The van der Waals surface area contributed by atoms with Gasteiger partial charge in [-0.25, -0.2) is 4.79 Å². The van der Waals surface area contributed by atoms with Crippen LogP contribution in [0.4, 0.5) is 10.5 Å². The van der Waals surface area contributed by atoms with Gasteiger partial charge >= 0.3 is 6.03 Å². The van der Waals surface area contributed by atoms with Gasteiger partial charge in [-0.3, -0.25) is 0 Å². The van der Waals surface area contributed by atoms with Crippen molar-refractivity contribution in [1.29, 1.82) is 0 Å². The fraction of sp³-hybridized carbons (Fsp3) is 0.235. The van der Waals surface area contributed by atoms with Gasteiger partial charge in [-0.05, 0) is 61.2 Å². The number of hydrogen-bond acceptors (Lipinski definition) is 2. The molecule has 21 heavy (non-hydrogen) atoms. The van der Waals surface area contributed by atoms with Crippen molar-refractivity contribution in [3.63, 3.8) is 0 Å². The van der Waals surface area contributed by atoms with E-state index in [9.17, 15) is 9.90 Å². The second kappa shape index (κ2) is 6.79. The van der Waals surface area contributed by atoms with E-state index in [2.05, 4.69) is 10.6 Å². The maximum absolute atomic E-state index is 11.8. The van der Waals surface area contributed by atoms with Crippen molar-refractivity contribution in [2.24, 2.45) is 0 Å². The number of aromatic hydroxyl groups is 1. The van der Waals surface area contributed by atoms with Crippen LogP contribution in [0, 0.1) is 13.8 Å². The summed E-state index contributed by atoms with van der Waals surface area (Å²) in [5.41, 5.74) is 4.21. The third kappa shape index (κ3) is 4.53. The van der Waals surface area contributed by atoms with Crippen LogP contribution in [-0.2, 0) is 6.42 Å². The SMILES string of the molecule is Cc1ccc(NC(=O)NCCc2ccc(O)cc2)cc1C. The van der Waals surface area contributed by atoms with E-state index in [1.807, 2.05) is 44.2 Å². The summed E-state index contributed by atoms with van der Waals surface area (Å²) >= 11 is 0. The Kier molecular flexibility index (Phi) is 4.82. The highest BCUT2D eigenvalue weighted by Gasteiger charge is 2.02. The van der Waals surface area contributed by atoms with E-state index in [-0.39, 0.29) is 11.8 Å². The van der Waals surface area contributed by atoms with Crippen molar-refractivity contribution in [3.05, 3.63) is 59.2 Å². The zero-order valence-electron chi connectivity index (χ0n) is 12.3. The van der Waals surface area contributed by atoms with Gasteiger partial charge in [0.25, 0.3) is 0 Å². The highest BCUT2D eigenvalue weighted by Crippen LogP contribution is 2.14. The summed E-state index contributed by atoms with van der Waals surface area (Å²) in [6, 6.07) is 12.6. The first-order valence-electron chi connectivity index (χ1n) is 6.94. The monoisotopic (exact) mass is 284 g/mol. The Morgan fingerprint density at radius 3 is 2.43 bits per heavy atom. The van der Waals surface area contributed by atoms with Crippen LogP contribution < -0.4 is 10.6 Å². The number of rotatable bonds is 4. The molecule has 110 valence electrons. The molecule has 0 heterocycles. The summed E-state index contributed by atoms with van der Waals surface area (Å²) in [7, 11) is 0. The van der Waals surface area contributed by atoms with E-state index in [1.54, 1.807) is 12.1 Å². The van der Waals surface area contributed by atoms with Gasteiger partial charge in [-0.1, -0.05) is 18.2 Å². The average Bonchev–Trinajstić information content (AvgIpc) is 2.45. The lowest BCUT2D eigenvalue weighted by Gasteiger charge is -2.09. The van der Waals surface area contributed by atoms with Crippen molar-refractivity contribution in [1.82, 2.24) is 5.32 Å². The number of anilines is 1. The van der Waals surface area contributed by atoms with Gasteiger partial charge in [0, 0.05) is 12.2 Å². The van der Waals surface area contributed by atoms with Gasteiger partial charge in [0.1, 0.15) is 5.75 Å². The summed E-state index contributed by atoms with van der Waals surface area (Å²) in [5, 5.41) is 14.8. The lowest BCUT2D eigenvalue weighted by atomic mass is 10.1. The molecule has 2 amide bonds. The number of benzene rings is 2. The molecule has 0 aliphatic rings. The molecule has 2 aromatic rings. The fourth-order valence-corrected chi connectivity index (χ4v) is 1.98. The van der Waals surface area contributed by atoms with E-state index in [0.29, 0.717) is 6.54 Å². The lowest BCUT2D eigenvalue weighted by molar-refractivity contribution is 0.252. The van der Waals surface area contributed by atoms with E-state index in [1.165, 1.54) is 5.56 Å². The van der Waals surface area contributed by atoms with Crippen LogP contribution in [0.15, 0.2) is 42.5 Å². The molecule has 0 spiro atoms. The van der Waals surface area contributed by atoms with Crippen molar-refractivity contribution in [3.8, 4) is 5.75 Å². The Hall–Kier alpha value is -2.49. The van der Waals surface area contributed by atoms with Crippen molar-refractivity contribution >= 4 is 11.7 Å². The number of carbonyl (C=O) groups is 1. The van der Waals surface area contributed by atoms with Crippen molar-refractivity contribution in [2.45, 2.75) is 20.3 Å². The molecule has 0 fully saturated rings. The minimum atomic E-state index is -0.211. The summed E-state index contributed by atoms with van der Waals surface area (Å²) in [5.74, 6) is 0.249. The van der Waals surface area contributed by atoms with E-state index in [0.717, 1.165) is 23.2 Å². The number of phenolic OH excluding ortho intramolecular Hbond substituents is 1. The topological polar surface area (TPSA) is 61.4 Å². The van der Waals surface area contributed by atoms with Gasteiger partial charge in [0.15, 0.2) is 0 Å². The summed E-state index contributed by atoms with van der Waals surface area (Å²) < 4.78 is 0. The molecule has 0 bridgehead atoms.